The Balaban J connectivity index is 2.06. The van der Waals surface area contributed by atoms with E-state index in [0.717, 1.165) is 38.6 Å². The summed E-state index contributed by atoms with van der Waals surface area (Å²) in [5, 5.41) is 9.88. The van der Waals surface area contributed by atoms with Gasteiger partial charge in [0.2, 0.25) is 0 Å². The van der Waals surface area contributed by atoms with Gasteiger partial charge in [-0.25, -0.2) is 4.39 Å². The van der Waals surface area contributed by atoms with E-state index in [1.165, 1.54) is 18.2 Å². The summed E-state index contributed by atoms with van der Waals surface area (Å²) in [7, 11) is 0. The summed E-state index contributed by atoms with van der Waals surface area (Å²) in [5.41, 5.74) is 6.63. The van der Waals surface area contributed by atoms with E-state index >= 15 is 0 Å². The van der Waals surface area contributed by atoms with Crippen LogP contribution in [0.4, 0.5) is 4.39 Å². The lowest BCUT2D eigenvalue weighted by molar-refractivity contribution is 0.140. The standard InChI is InChI=1S/C16H25FN2O/c1-2-9-19(15-6-4-14(18)5-7-15)11-12-10-13(17)3-8-16(12)20/h3,8,10,14-15,20H,2,4-7,9,11,18H2,1H3. The van der Waals surface area contributed by atoms with Gasteiger partial charge in [0.1, 0.15) is 11.6 Å². The summed E-state index contributed by atoms with van der Waals surface area (Å²) in [6.07, 6.45) is 5.35. The van der Waals surface area contributed by atoms with Crippen molar-refractivity contribution in [3.05, 3.63) is 29.6 Å². The van der Waals surface area contributed by atoms with Crippen molar-refractivity contribution in [1.82, 2.24) is 4.90 Å². The van der Waals surface area contributed by atoms with E-state index in [-0.39, 0.29) is 11.6 Å². The zero-order valence-electron chi connectivity index (χ0n) is 12.2. The molecular weight excluding hydrogens is 255 g/mol. The maximum atomic E-state index is 13.3. The Morgan fingerprint density at radius 1 is 1.30 bits per heavy atom. The third kappa shape index (κ3) is 3.93. The van der Waals surface area contributed by atoms with Crippen molar-refractivity contribution >= 4 is 0 Å². The largest absolute Gasteiger partial charge is 0.508 e. The molecule has 1 aromatic rings. The van der Waals surface area contributed by atoms with Crippen LogP contribution in [0, 0.1) is 5.82 Å². The van der Waals surface area contributed by atoms with Crippen molar-refractivity contribution in [3.8, 4) is 5.75 Å². The molecule has 4 heteroatoms. The Hall–Kier alpha value is -1.13. The first-order chi connectivity index (χ1) is 9.60. The molecule has 3 N–H and O–H groups in total. The first-order valence-corrected chi connectivity index (χ1v) is 7.57. The number of aromatic hydroxyl groups is 1. The van der Waals surface area contributed by atoms with Crippen LogP contribution in [0.3, 0.4) is 0 Å². The number of benzene rings is 1. The van der Waals surface area contributed by atoms with Crippen LogP contribution < -0.4 is 5.73 Å². The van der Waals surface area contributed by atoms with Crippen LogP contribution in [0.25, 0.3) is 0 Å². The highest BCUT2D eigenvalue weighted by atomic mass is 19.1. The Morgan fingerprint density at radius 3 is 2.65 bits per heavy atom. The van der Waals surface area contributed by atoms with Crippen LogP contribution in [0.1, 0.15) is 44.6 Å². The normalized spacial score (nSPS) is 23.2. The van der Waals surface area contributed by atoms with E-state index in [0.29, 0.717) is 24.2 Å². The minimum atomic E-state index is -0.292. The van der Waals surface area contributed by atoms with E-state index in [2.05, 4.69) is 11.8 Å². The van der Waals surface area contributed by atoms with Gasteiger partial charge in [0.15, 0.2) is 0 Å². The summed E-state index contributed by atoms with van der Waals surface area (Å²) in [6.45, 7) is 3.72. The number of phenols is 1. The number of hydrogen-bond donors (Lipinski definition) is 2. The lowest BCUT2D eigenvalue weighted by Crippen LogP contribution is -2.40. The topological polar surface area (TPSA) is 49.5 Å². The summed E-state index contributed by atoms with van der Waals surface area (Å²) in [4.78, 5) is 2.36. The molecule has 1 aliphatic carbocycles. The summed E-state index contributed by atoms with van der Waals surface area (Å²) >= 11 is 0. The van der Waals surface area contributed by atoms with E-state index in [9.17, 15) is 9.50 Å². The highest BCUT2D eigenvalue weighted by Crippen LogP contribution is 2.26. The SMILES string of the molecule is CCCN(Cc1cc(F)ccc1O)C1CCC(N)CC1. The molecule has 3 nitrogen and oxygen atoms in total. The molecule has 0 bridgehead atoms. The van der Waals surface area contributed by atoms with Crippen molar-refractivity contribution in [2.75, 3.05) is 6.54 Å². The summed E-state index contributed by atoms with van der Waals surface area (Å²) < 4.78 is 13.3. The van der Waals surface area contributed by atoms with Crippen LogP contribution in [0.2, 0.25) is 0 Å². The maximum absolute atomic E-state index is 13.3. The van der Waals surface area contributed by atoms with Crippen LogP contribution in [0.15, 0.2) is 18.2 Å². The van der Waals surface area contributed by atoms with Crippen LogP contribution >= 0.6 is 0 Å². The number of halogens is 1. The smallest absolute Gasteiger partial charge is 0.123 e. The molecule has 1 aromatic carbocycles. The fraction of sp³-hybridized carbons (Fsp3) is 0.625. The third-order valence-electron chi connectivity index (χ3n) is 4.18. The van der Waals surface area contributed by atoms with E-state index in [1.54, 1.807) is 0 Å². The first kappa shape index (κ1) is 15.3. The molecule has 0 saturated heterocycles. The molecule has 0 atom stereocenters. The van der Waals surface area contributed by atoms with Crippen LogP contribution in [-0.4, -0.2) is 28.6 Å². The minimum absolute atomic E-state index is 0.181. The van der Waals surface area contributed by atoms with Gasteiger partial charge < -0.3 is 10.8 Å². The molecule has 20 heavy (non-hydrogen) atoms. The lowest BCUT2D eigenvalue weighted by Gasteiger charge is -2.36. The molecule has 0 heterocycles. The quantitative estimate of drug-likeness (QED) is 0.871. The predicted molar refractivity (Wildman–Crippen MR) is 79.0 cm³/mol. The van der Waals surface area contributed by atoms with E-state index in [1.807, 2.05) is 0 Å². The van der Waals surface area contributed by atoms with Crippen molar-refractivity contribution in [2.45, 2.75) is 57.7 Å². The fourth-order valence-electron chi connectivity index (χ4n) is 3.04. The van der Waals surface area contributed by atoms with Crippen LogP contribution in [-0.2, 0) is 6.54 Å². The third-order valence-corrected chi connectivity index (χ3v) is 4.18. The Labute approximate surface area is 120 Å². The zero-order chi connectivity index (χ0) is 14.5. The van der Waals surface area contributed by atoms with Crippen molar-refractivity contribution in [2.24, 2.45) is 5.73 Å². The zero-order valence-corrected chi connectivity index (χ0v) is 12.2. The van der Waals surface area contributed by atoms with Crippen molar-refractivity contribution in [3.63, 3.8) is 0 Å². The van der Waals surface area contributed by atoms with Gasteiger partial charge in [-0.3, -0.25) is 4.90 Å². The highest BCUT2D eigenvalue weighted by molar-refractivity contribution is 5.32. The molecule has 1 fully saturated rings. The molecule has 2 rings (SSSR count). The number of nitrogens with two attached hydrogens (primary N) is 1. The van der Waals surface area contributed by atoms with Crippen molar-refractivity contribution in [1.29, 1.82) is 0 Å². The number of nitrogens with zero attached hydrogens (tertiary/aromatic N) is 1. The molecule has 0 amide bonds. The number of rotatable bonds is 5. The van der Waals surface area contributed by atoms with Gasteiger partial charge in [0.05, 0.1) is 0 Å². The number of hydrogen-bond acceptors (Lipinski definition) is 3. The van der Waals surface area contributed by atoms with E-state index < -0.39 is 0 Å². The maximum Gasteiger partial charge on any atom is 0.123 e. The molecule has 112 valence electrons. The number of phenolic OH excluding ortho intramolecular Hbond substituents is 1. The summed E-state index contributed by atoms with van der Waals surface area (Å²) in [5.74, 6) is -0.111. The average molecular weight is 280 g/mol. The van der Waals surface area contributed by atoms with E-state index in [4.69, 9.17) is 5.73 Å². The predicted octanol–water partition coefficient (Wildman–Crippen LogP) is 3.01. The molecular formula is C16H25FN2O. The van der Waals surface area contributed by atoms with Gasteiger partial charge in [-0.2, -0.15) is 0 Å². The van der Waals surface area contributed by atoms with Crippen molar-refractivity contribution < 1.29 is 9.50 Å². The molecule has 0 unspecified atom stereocenters. The first-order valence-electron chi connectivity index (χ1n) is 7.57. The molecule has 1 aliphatic rings. The second kappa shape index (κ2) is 7.04. The van der Waals surface area contributed by atoms with Gasteiger partial charge in [-0.15, -0.1) is 0 Å². The Morgan fingerprint density at radius 2 is 2.00 bits per heavy atom. The lowest BCUT2D eigenvalue weighted by atomic mass is 9.90. The second-order valence-corrected chi connectivity index (χ2v) is 5.81. The Bertz CT molecular complexity index is 430. The van der Waals surface area contributed by atoms with Gasteiger partial charge in [0, 0.05) is 24.2 Å². The molecule has 0 radical (unpaired) electrons. The molecule has 1 saturated carbocycles. The average Bonchev–Trinajstić information content (AvgIpc) is 2.43. The monoisotopic (exact) mass is 280 g/mol. The minimum Gasteiger partial charge on any atom is -0.508 e. The van der Waals surface area contributed by atoms with Gasteiger partial charge in [-0.1, -0.05) is 6.92 Å². The fourth-order valence-corrected chi connectivity index (χ4v) is 3.04. The van der Waals surface area contributed by atoms with Gasteiger partial charge in [0.25, 0.3) is 0 Å². The van der Waals surface area contributed by atoms with Crippen LogP contribution in [0.5, 0.6) is 5.75 Å². The summed E-state index contributed by atoms with van der Waals surface area (Å²) in [6, 6.07) is 5.00. The molecule has 0 aliphatic heterocycles. The Kier molecular flexibility index (Phi) is 5.38. The van der Waals surface area contributed by atoms with Gasteiger partial charge in [-0.05, 0) is 56.8 Å². The second-order valence-electron chi connectivity index (χ2n) is 5.81. The molecule has 0 aromatic heterocycles. The van der Waals surface area contributed by atoms with Gasteiger partial charge >= 0.3 is 0 Å². The molecule has 0 spiro atoms. The highest BCUT2D eigenvalue weighted by Gasteiger charge is 2.24.